The number of hydrogen-bond donors (Lipinski definition) is 0. The normalized spacial score (nSPS) is 11.2. The highest BCUT2D eigenvalue weighted by Gasteiger charge is 2.12. The van der Waals surface area contributed by atoms with Crippen molar-refractivity contribution in [1.29, 1.82) is 0 Å². The van der Waals surface area contributed by atoms with Crippen molar-refractivity contribution in [2.24, 2.45) is 7.05 Å². The van der Waals surface area contributed by atoms with Crippen molar-refractivity contribution >= 4 is 22.6 Å². The molecule has 23 heavy (non-hydrogen) atoms. The van der Waals surface area contributed by atoms with Gasteiger partial charge in [0.15, 0.2) is 0 Å². The first-order valence-electron chi connectivity index (χ1n) is 7.06. The Balaban J connectivity index is 1.66. The van der Waals surface area contributed by atoms with Crippen LogP contribution in [0.15, 0.2) is 47.0 Å². The molecular weight excluding hydrogens is 314 g/mol. The Morgan fingerprint density at radius 3 is 2.91 bits per heavy atom. The molecule has 0 spiro atoms. The first-order chi connectivity index (χ1) is 11.2. The van der Waals surface area contributed by atoms with E-state index in [1.54, 1.807) is 4.68 Å². The monoisotopic (exact) mass is 325 g/mol. The average Bonchev–Trinajstić information content (AvgIpc) is 3.17. The minimum atomic E-state index is 0.502. The van der Waals surface area contributed by atoms with Crippen LogP contribution in [0.1, 0.15) is 11.5 Å². The molecule has 2 heterocycles. The van der Waals surface area contributed by atoms with E-state index in [0.717, 1.165) is 22.2 Å². The number of hydrogen-bond acceptors (Lipinski definition) is 5. The van der Waals surface area contributed by atoms with Crippen molar-refractivity contribution < 1.29 is 4.52 Å². The zero-order chi connectivity index (χ0) is 15.8. The molecule has 0 amide bonds. The third kappa shape index (κ3) is 2.57. The van der Waals surface area contributed by atoms with Crippen LogP contribution in [0.4, 0.5) is 0 Å². The van der Waals surface area contributed by atoms with Gasteiger partial charge in [-0.3, -0.25) is 0 Å². The van der Waals surface area contributed by atoms with E-state index in [9.17, 15) is 0 Å². The van der Waals surface area contributed by atoms with Crippen LogP contribution < -0.4 is 0 Å². The predicted molar refractivity (Wildman–Crippen MR) is 86.1 cm³/mol. The van der Waals surface area contributed by atoms with Crippen molar-refractivity contribution in [3.63, 3.8) is 0 Å². The van der Waals surface area contributed by atoms with Gasteiger partial charge in [-0.1, -0.05) is 40.2 Å². The molecule has 0 radical (unpaired) electrons. The first-order valence-corrected chi connectivity index (χ1v) is 7.44. The second-order valence-electron chi connectivity index (χ2n) is 5.20. The van der Waals surface area contributed by atoms with Crippen LogP contribution in [0.25, 0.3) is 22.4 Å². The maximum atomic E-state index is 6.16. The summed E-state index contributed by atoms with van der Waals surface area (Å²) in [7, 11) is 1.85. The second-order valence-corrected chi connectivity index (χ2v) is 5.60. The summed E-state index contributed by atoms with van der Waals surface area (Å²) in [4.78, 5) is 4.45. The molecule has 0 aliphatic carbocycles. The molecule has 0 aliphatic rings. The van der Waals surface area contributed by atoms with Gasteiger partial charge in [0, 0.05) is 17.6 Å². The van der Waals surface area contributed by atoms with E-state index < -0.39 is 0 Å². The number of rotatable bonds is 3. The lowest BCUT2D eigenvalue weighted by molar-refractivity contribution is 0.386. The Hall–Kier alpha value is -2.73. The number of nitrogens with zero attached hydrogens (tertiary/aromatic N) is 5. The summed E-state index contributed by atoms with van der Waals surface area (Å²) in [5.74, 6) is 1.06. The largest absolute Gasteiger partial charge is 0.339 e. The van der Waals surface area contributed by atoms with Gasteiger partial charge in [-0.25, -0.2) is 4.68 Å². The van der Waals surface area contributed by atoms with E-state index in [2.05, 4.69) is 20.5 Å². The molecule has 0 saturated heterocycles. The van der Waals surface area contributed by atoms with Crippen molar-refractivity contribution in [2.75, 3.05) is 0 Å². The van der Waals surface area contributed by atoms with E-state index in [-0.39, 0.29) is 0 Å². The molecule has 4 aromatic rings. The van der Waals surface area contributed by atoms with E-state index in [4.69, 9.17) is 16.1 Å². The standard InChI is InChI=1S/C16H12ClN5O/c1-22-14-8-11(6-7-13(14)19-21-22)16-18-15(23-20-16)9-10-4-2-3-5-12(10)17/h2-8H,9H2,1H3. The zero-order valence-corrected chi connectivity index (χ0v) is 13.0. The highest BCUT2D eigenvalue weighted by molar-refractivity contribution is 6.31. The van der Waals surface area contributed by atoms with Gasteiger partial charge in [0.1, 0.15) is 5.52 Å². The number of halogens is 1. The summed E-state index contributed by atoms with van der Waals surface area (Å²) < 4.78 is 7.06. The van der Waals surface area contributed by atoms with E-state index in [0.29, 0.717) is 23.2 Å². The third-order valence-electron chi connectivity index (χ3n) is 3.64. The van der Waals surface area contributed by atoms with Crippen LogP contribution in [-0.2, 0) is 13.5 Å². The molecule has 2 aromatic heterocycles. The summed E-state index contributed by atoms with van der Waals surface area (Å²) in [5, 5.41) is 12.8. The molecule has 114 valence electrons. The SMILES string of the molecule is Cn1nnc2ccc(-c3noc(Cc4ccccc4Cl)n3)cc21. The molecule has 4 rings (SSSR count). The zero-order valence-electron chi connectivity index (χ0n) is 12.3. The van der Waals surface area contributed by atoms with Gasteiger partial charge < -0.3 is 4.52 Å². The molecule has 0 N–H and O–H groups in total. The van der Waals surface area contributed by atoms with Gasteiger partial charge in [-0.2, -0.15) is 4.98 Å². The highest BCUT2D eigenvalue weighted by Crippen LogP contribution is 2.23. The summed E-state index contributed by atoms with van der Waals surface area (Å²) >= 11 is 6.16. The van der Waals surface area contributed by atoms with Crippen LogP contribution in [-0.4, -0.2) is 25.1 Å². The highest BCUT2D eigenvalue weighted by atomic mass is 35.5. The number of benzene rings is 2. The smallest absolute Gasteiger partial charge is 0.231 e. The number of aromatic nitrogens is 5. The molecule has 7 heteroatoms. The Labute approximate surface area is 136 Å². The minimum absolute atomic E-state index is 0.502. The quantitative estimate of drug-likeness (QED) is 0.578. The van der Waals surface area contributed by atoms with Gasteiger partial charge >= 0.3 is 0 Å². The minimum Gasteiger partial charge on any atom is -0.339 e. The topological polar surface area (TPSA) is 69.6 Å². The molecule has 6 nitrogen and oxygen atoms in total. The van der Waals surface area contributed by atoms with Crippen molar-refractivity contribution in [3.05, 3.63) is 58.9 Å². The Bertz CT molecular complexity index is 991. The van der Waals surface area contributed by atoms with E-state index in [1.807, 2.05) is 49.5 Å². The van der Waals surface area contributed by atoms with Crippen LogP contribution in [0.2, 0.25) is 5.02 Å². The fourth-order valence-electron chi connectivity index (χ4n) is 2.42. The molecular formula is C16H12ClN5O. The lowest BCUT2D eigenvalue weighted by Crippen LogP contribution is -1.91. The van der Waals surface area contributed by atoms with Gasteiger partial charge in [-0.15, -0.1) is 5.10 Å². The summed E-state index contributed by atoms with van der Waals surface area (Å²) in [6.07, 6.45) is 0.502. The van der Waals surface area contributed by atoms with E-state index >= 15 is 0 Å². The molecule has 0 unspecified atom stereocenters. The van der Waals surface area contributed by atoms with Crippen LogP contribution in [0.3, 0.4) is 0 Å². The average molecular weight is 326 g/mol. The Morgan fingerprint density at radius 1 is 1.17 bits per heavy atom. The second kappa shape index (κ2) is 5.48. The van der Waals surface area contributed by atoms with Gasteiger partial charge in [0.2, 0.25) is 11.7 Å². The number of fused-ring (bicyclic) bond motifs is 1. The van der Waals surface area contributed by atoms with Crippen LogP contribution in [0.5, 0.6) is 0 Å². The molecule has 0 atom stereocenters. The Kier molecular flexibility index (Phi) is 3.31. The number of aryl methyl sites for hydroxylation is 1. The molecule has 0 saturated carbocycles. The molecule has 0 fully saturated rings. The van der Waals surface area contributed by atoms with Gasteiger partial charge in [0.05, 0.1) is 11.9 Å². The van der Waals surface area contributed by atoms with Crippen molar-refractivity contribution in [1.82, 2.24) is 25.1 Å². The van der Waals surface area contributed by atoms with E-state index in [1.165, 1.54) is 0 Å². The summed E-state index contributed by atoms with van der Waals surface area (Å²) in [6, 6.07) is 13.4. The predicted octanol–water partition coefficient (Wildman–Crippen LogP) is 3.26. The maximum Gasteiger partial charge on any atom is 0.231 e. The molecule has 0 aliphatic heterocycles. The Morgan fingerprint density at radius 2 is 2.04 bits per heavy atom. The molecule has 2 aromatic carbocycles. The lowest BCUT2D eigenvalue weighted by atomic mass is 10.1. The van der Waals surface area contributed by atoms with Crippen LogP contribution >= 0.6 is 11.6 Å². The lowest BCUT2D eigenvalue weighted by Gasteiger charge is -1.99. The van der Waals surface area contributed by atoms with Crippen molar-refractivity contribution in [2.45, 2.75) is 6.42 Å². The fourth-order valence-corrected chi connectivity index (χ4v) is 2.62. The summed E-state index contributed by atoms with van der Waals surface area (Å²) in [6.45, 7) is 0. The first kappa shape index (κ1) is 13.9. The van der Waals surface area contributed by atoms with Gasteiger partial charge in [0.25, 0.3) is 0 Å². The molecule has 0 bridgehead atoms. The van der Waals surface area contributed by atoms with Crippen LogP contribution in [0, 0.1) is 0 Å². The van der Waals surface area contributed by atoms with Crippen molar-refractivity contribution in [3.8, 4) is 11.4 Å². The maximum absolute atomic E-state index is 6.16. The fraction of sp³-hybridized carbons (Fsp3) is 0.125. The summed E-state index contributed by atoms with van der Waals surface area (Å²) in [5.41, 5.74) is 3.56. The van der Waals surface area contributed by atoms with Gasteiger partial charge in [-0.05, 0) is 29.8 Å². The third-order valence-corrected chi connectivity index (χ3v) is 4.01.